The lowest BCUT2D eigenvalue weighted by Gasteiger charge is -2.32. The fraction of sp³-hybridized carbons (Fsp3) is 0.556. The highest BCUT2D eigenvalue weighted by Crippen LogP contribution is 2.30. The standard InChI is InChI=1S/C18H28N2/c1-18(2,3)16-10-13-20(14-11-16)12-6-8-15-7-4-5-9-17(15)19/h4-5,7,9-10H,6,8,11-14,19H2,1-3H3. The Morgan fingerprint density at radius 3 is 2.55 bits per heavy atom. The van der Waals surface area contributed by atoms with E-state index in [1.54, 1.807) is 5.57 Å². The van der Waals surface area contributed by atoms with E-state index in [0.717, 1.165) is 18.7 Å². The summed E-state index contributed by atoms with van der Waals surface area (Å²) in [6.45, 7) is 10.4. The molecule has 1 aromatic carbocycles. The monoisotopic (exact) mass is 272 g/mol. The summed E-state index contributed by atoms with van der Waals surface area (Å²) in [5, 5.41) is 0. The number of nitrogens with two attached hydrogens (primary N) is 1. The predicted octanol–water partition coefficient (Wildman–Crippen LogP) is 3.88. The molecule has 1 aliphatic rings. The Bertz CT molecular complexity index is 469. The van der Waals surface area contributed by atoms with E-state index >= 15 is 0 Å². The van der Waals surface area contributed by atoms with Crippen LogP contribution in [0, 0.1) is 5.41 Å². The maximum Gasteiger partial charge on any atom is 0.0346 e. The second kappa shape index (κ2) is 6.45. The number of hydrogen-bond donors (Lipinski definition) is 1. The Labute approximate surface area is 123 Å². The van der Waals surface area contributed by atoms with Crippen molar-refractivity contribution in [1.82, 2.24) is 4.90 Å². The Morgan fingerprint density at radius 1 is 1.20 bits per heavy atom. The summed E-state index contributed by atoms with van der Waals surface area (Å²) in [5.74, 6) is 0. The first-order chi connectivity index (χ1) is 9.47. The van der Waals surface area contributed by atoms with Crippen molar-refractivity contribution in [3.05, 3.63) is 41.5 Å². The van der Waals surface area contributed by atoms with Gasteiger partial charge in [-0.1, -0.05) is 50.6 Å². The lowest BCUT2D eigenvalue weighted by atomic mass is 9.83. The van der Waals surface area contributed by atoms with Crippen LogP contribution < -0.4 is 5.73 Å². The molecule has 1 aliphatic heterocycles. The van der Waals surface area contributed by atoms with Gasteiger partial charge in [-0.05, 0) is 42.9 Å². The Kier molecular flexibility index (Phi) is 4.87. The first-order valence-electron chi connectivity index (χ1n) is 7.72. The largest absolute Gasteiger partial charge is 0.399 e. The van der Waals surface area contributed by atoms with Gasteiger partial charge in [0.05, 0.1) is 0 Å². The van der Waals surface area contributed by atoms with E-state index in [2.05, 4.69) is 43.9 Å². The van der Waals surface area contributed by atoms with Crippen LogP contribution in [-0.4, -0.2) is 24.5 Å². The summed E-state index contributed by atoms with van der Waals surface area (Å²) in [4.78, 5) is 2.55. The fourth-order valence-electron chi connectivity index (χ4n) is 2.85. The average Bonchev–Trinajstić information content (AvgIpc) is 2.40. The van der Waals surface area contributed by atoms with E-state index in [4.69, 9.17) is 5.73 Å². The van der Waals surface area contributed by atoms with Gasteiger partial charge in [0.1, 0.15) is 0 Å². The van der Waals surface area contributed by atoms with Gasteiger partial charge in [0.15, 0.2) is 0 Å². The second-order valence-corrected chi connectivity index (χ2v) is 6.83. The van der Waals surface area contributed by atoms with Crippen molar-refractivity contribution >= 4 is 5.69 Å². The maximum atomic E-state index is 5.98. The van der Waals surface area contributed by atoms with Crippen LogP contribution in [0.25, 0.3) is 0 Å². The third-order valence-electron chi connectivity index (χ3n) is 4.23. The molecule has 0 saturated carbocycles. The molecule has 1 aromatic rings. The predicted molar refractivity (Wildman–Crippen MR) is 87.8 cm³/mol. The highest BCUT2D eigenvalue weighted by atomic mass is 15.1. The molecule has 0 atom stereocenters. The highest BCUT2D eigenvalue weighted by molar-refractivity contribution is 5.46. The third-order valence-corrected chi connectivity index (χ3v) is 4.23. The van der Waals surface area contributed by atoms with Gasteiger partial charge in [0, 0.05) is 18.8 Å². The van der Waals surface area contributed by atoms with Crippen LogP contribution >= 0.6 is 0 Å². The van der Waals surface area contributed by atoms with Crippen molar-refractivity contribution in [3.63, 3.8) is 0 Å². The first kappa shape index (κ1) is 15.1. The number of nitrogens with zero attached hydrogens (tertiary/aromatic N) is 1. The molecule has 110 valence electrons. The van der Waals surface area contributed by atoms with Gasteiger partial charge < -0.3 is 5.73 Å². The topological polar surface area (TPSA) is 29.3 Å². The number of hydrogen-bond acceptors (Lipinski definition) is 2. The molecule has 0 aliphatic carbocycles. The zero-order valence-electron chi connectivity index (χ0n) is 13.2. The van der Waals surface area contributed by atoms with E-state index in [-0.39, 0.29) is 0 Å². The summed E-state index contributed by atoms with van der Waals surface area (Å²) in [5.41, 5.74) is 10.2. The summed E-state index contributed by atoms with van der Waals surface area (Å²) < 4.78 is 0. The normalized spacial score (nSPS) is 17.1. The minimum atomic E-state index is 0.338. The molecule has 0 aromatic heterocycles. The Balaban J connectivity index is 1.77. The number of benzene rings is 1. The van der Waals surface area contributed by atoms with Crippen molar-refractivity contribution in [2.75, 3.05) is 25.4 Å². The molecule has 0 amide bonds. The molecule has 2 N–H and O–H groups in total. The van der Waals surface area contributed by atoms with Crippen molar-refractivity contribution in [2.24, 2.45) is 5.41 Å². The molecule has 2 nitrogen and oxygen atoms in total. The van der Waals surface area contributed by atoms with Crippen LogP contribution in [0.4, 0.5) is 5.69 Å². The quantitative estimate of drug-likeness (QED) is 0.666. The van der Waals surface area contributed by atoms with Crippen LogP contribution in [0.15, 0.2) is 35.9 Å². The minimum absolute atomic E-state index is 0.338. The van der Waals surface area contributed by atoms with Crippen molar-refractivity contribution in [3.8, 4) is 0 Å². The van der Waals surface area contributed by atoms with Crippen molar-refractivity contribution in [1.29, 1.82) is 0 Å². The summed E-state index contributed by atoms with van der Waals surface area (Å²) >= 11 is 0. The van der Waals surface area contributed by atoms with Gasteiger partial charge >= 0.3 is 0 Å². The number of rotatable bonds is 4. The van der Waals surface area contributed by atoms with Crippen molar-refractivity contribution in [2.45, 2.75) is 40.0 Å². The number of anilines is 1. The molecule has 1 heterocycles. The number of para-hydroxylation sites is 1. The molecule has 0 radical (unpaired) electrons. The molecule has 0 unspecified atom stereocenters. The molecule has 0 spiro atoms. The number of nitrogen functional groups attached to an aromatic ring is 1. The second-order valence-electron chi connectivity index (χ2n) is 6.83. The van der Waals surface area contributed by atoms with E-state index < -0.39 is 0 Å². The molecule has 2 rings (SSSR count). The fourth-order valence-corrected chi connectivity index (χ4v) is 2.85. The molecule has 2 heteroatoms. The lowest BCUT2D eigenvalue weighted by Crippen LogP contribution is -2.32. The van der Waals surface area contributed by atoms with Crippen LogP contribution in [0.5, 0.6) is 0 Å². The van der Waals surface area contributed by atoms with E-state index in [1.165, 1.54) is 31.5 Å². The van der Waals surface area contributed by atoms with Crippen LogP contribution in [0.3, 0.4) is 0 Å². The van der Waals surface area contributed by atoms with Gasteiger partial charge in [0.25, 0.3) is 0 Å². The summed E-state index contributed by atoms with van der Waals surface area (Å²) in [7, 11) is 0. The lowest BCUT2D eigenvalue weighted by molar-refractivity contribution is 0.276. The molecule has 0 fully saturated rings. The van der Waals surface area contributed by atoms with Crippen LogP contribution in [0.1, 0.15) is 39.2 Å². The molecular formula is C18H28N2. The van der Waals surface area contributed by atoms with E-state index in [9.17, 15) is 0 Å². The Hall–Kier alpha value is -1.28. The van der Waals surface area contributed by atoms with Gasteiger partial charge in [-0.3, -0.25) is 4.90 Å². The van der Waals surface area contributed by atoms with Gasteiger partial charge in [0.2, 0.25) is 0 Å². The van der Waals surface area contributed by atoms with Crippen LogP contribution in [0.2, 0.25) is 0 Å². The van der Waals surface area contributed by atoms with Crippen molar-refractivity contribution < 1.29 is 0 Å². The summed E-state index contributed by atoms with van der Waals surface area (Å²) in [6.07, 6.45) is 5.92. The SMILES string of the molecule is CC(C)(C)C1=CCN(CCCc2ccccc2N)CC1. The highest BCUT2D eigenvalue weighted by Gasteiger charge is 2.20. The molecule has 0 bridgehead atoms. The zero-order valence-corrected chi connectivity index (χ0v) is 13.2. The zero-order chi connectivity index (χ0) is 14.6. The van der Waals surface area contributed by atoms with Gasteiger partial charge in [-0.25, -0.2) is 0 Å². The smallest absolute Gasteiger partial charge is 0.0346 e. The van der Waals surface area contributed by atoms with E-state index in [1.807, 2.05) is 12.1 Å². The summed E-state index contributed by atoms with van der Waals surface area (Å²) in [6, 6.07) is 8.21. The minimum Gasteiger partial charge on any atom is -0.399 e. The molecular weight excluding hydrogens is 244 g/mol. The molecule has 20 heavy (non-hydrogen) atoms. The Morgan fingerprint density at radius 2 is 1.95 bits per heavy atom. The number of aryl methyl sites for hydroxylation is 1. The maximum absolute atomic E-state index is 5.98. The van der Waals surface area contributed by atoms with Gasteiger partial charge in [-0.15, -0.1) is 0 Å². The molecule has 0 saturated heterocycles. The third kappa shape index (κ3) is 4.11. The van der Waals surface area contributed by atoms with Crippen LogP contribution in [-0.2, 0) is 6.42 Å². The average molecular weight is 272 g/mol. The van der Waals surface area contributed by atoms with Gasteiger partial charge in [-0.2, -0.15) is 0 Å². The first-order valence-corrected chi connectivity index (χ1v) is 7.72. The van der Waals surface area contributed by atoms with E-state index in [0.29, 0.717) is 5.41 Å².